The molecule has 114 valence electrons. The van der Waals surface area contributed by atoms with Crippen molar-refractivity contribution in [2.75, 3.05) is 27.4 Å². The van der Waals surface area contributed by atoms with E-state index in [-0.39, 0.29) is 12.1 Å². The molecule has 4 nitrogen and oxygen atoms in total. The Hall–Kier alpha value is -1.26. The second-order valence-electron chi connectivity index (χ2n) is 4.97. The van der Waals surface area contributed by atoms with Gasteiger partial charge >= 0.3 is 0 Å². The fraction of sp³-hybridized carbons (Fsp3) is 0.625. The van der Waals surface area contributed by atoms with E-state index in [4.69, 9.17) is 14.2 Å². The molecule has 4 heteroatoms. The molecule has 0 saturated carbocycles. The molecule has 0 saturated heterocycles. The first-order valence-electron chi connectivity index (χ1n) is 7.19. The van der Waals surface area contributed by atoms with Crippen LogP contribution in [-0.4, -0.2) is 33.5 Å². The fourth-order valence-electron chi connectivity index (χ4n) is 2.07. The third-order valence-corrected chi connectivity index (χ3v) is 3.05. The number of ether oxygens (including phenoxy) is 3. The van der Waals surface area contributed by atoms with Gasteiger partial charge in [-0.1, -0.05) is 13.0 Å². The van der Waals surface area contributed by atoms with Gasteiger partial charge < -0.3 is 19.5 Å². The topological polar surface area (TPSA) is 39.7 Å². The fourth-order valence-corrected chi connectivity index (χ4v) is 2.07. The van der Waals surface area contributed by atoms with Crippen LogP contribution in [0.3, 0.4) is 0 Å². The highest BCUT2D eigenvalue weighted by atomic mass is 16.5. The van der Waals surface area contributed by atoms with Gasteiger partial charge in [-0.2, -0.15) is 0 Å². The van der Waals surface area contributed by atoms with E-state index < -0.39 is 0 Å². The van der Waals surface area contributed by atoms with E-state index in [1.807, 2.05) is 32.0 Å². The van der Waals surface area contributed by atoms with Gasteiger partial charge in [-0.05, 0) is 38.9 Å². The molecule has 0 radical (unpaired) electrons. The Labute approximate surface area is 122 Å². The molecule has 0 aromatic heterocycles. The Kier molecular flexibility index (Phi) is 7.41. The predicted octanol–water partition coefficient (Wildman–Crippen LogP) is 3.17. The van der Waals surface area contributed by atoms with Gasteiger partial charge in [0.15, 0.2) is 0 Å². The van der Waals surface area contributed by atoms with Crippen molar-refractivity contribution in [1.82, 2.24) is 5.32 Å². The molecule has 1 unspecified atom stereocenters. The van der Waals surface area contributed by atoms with E-state index in [0.29, 0.717) is 6.61 Å². The molecular formula is C16H27NO3. The van der Waals surface area contributed by atoms with Gasteiger partial charge in [-0.3, -0.25) is 0 Å². The molecule has 1 atom stereocenters. The normalized spacial score (nSPS) is 12.5. The maximum Gasteiger partial charge on any atom is 0.127 e. The third-order valence-electron chi connectivity index (χ3n) is 3.05. The van der Waals surface area contributed by atoms with E-state index in [0.717, 1.165) is 30.0 Å². The number of hydrogen-bond acceptors (Lipinski definition) is 4. The SMILES string of the molecule is CCCNC(COC(C)C)c1c(OC)cccc1OC. The number of methoxy groups -OCH3 is 2. The first kappa shape index (κ1) is 16.8. The van der Waals surface area contributed by atoms with Crippen LogP contribution in [0.25, 0.3) is 0 Å². The molecule has 0 aliphatic rings. The zero-order valence-electron chi connectivity index (χ0n) is 13.2. The molecule has 1 aromatic carbocycles. The molecule has 0 fully saturated rings. The summed E-state index contributed by atoms with van der Waals surface area (Å²) in [7, 11) is 3.36. The maximum atomic E-state index is 5.78. The lowest BCUT2D eigenvalue weighted by Crippen LogP contribution is -2.28. The molecule has 0 aliphatic heterocycles. The van der Waals surface area contributed by atoms with Crippen LogP contribution in [0.15, 0.2) is 18.2 Å². The van der Waals surface area contributed by atoms with Gasteiger partial charge in [0.05, 0.1) is 38.5 Å². The van der Waals surface area contributed by atoms with Crippen LogP contribution in [0.5, 0.6) is 11.5 Å². The first-order chi connectivity index (χ1) is 9.63. The van der Waals surface area contributed by atoms with Crippen molar-refractivity contribution in [3.63, 3.8) is 0 Å². The second-order valence-corrected chi connectivity index (χ2v) is 4.97. The Bertz CT molecular complexity index is 371. The minimum atomic E-state index is 0.0587. The van der Waals surface area contributed by atoms with Crippen LogP contribution in [0, 0.1) is 0 Å². The third kappa shape index (κ3) is 4.69. The summed E-state index contributed by atoms with van der Waals surface area (Å²) in [5.74, 6) is 1.65. The van der Waals surface area contributed by atoms with E-state index in [2.05, 4.69) is 12.2 Å². The first-order valence-corrected chi connectivity index (χ1v) is 7.19. The Morgan fingerprint density at radius 2 is 1.70 bits per heavy atom. The van der Waals surface area contributed by atoms with E-state index in [9.17, 15) is 0 Å². The van der Waals surface area contributed by atoms with Crippen LogP contribution in [0.4, 0.5) is 0 Å². The summed E-state index contributed by atoms with van der Waals surface area (Å²) in [6.07, 6.45) is 1.26. The monoisotopic (exact) mass is 281 g/mol. The van der Waals surface area contributed by atoms with Crippen molar-refractivity contribution in [2.24, 2.45) is 0 Å². The van der Waals surface area contributed by atoms with Gasteiger partial charge in [0, 0.05) is 0 Å². The van der Waals surface area contributed by atoms with Crippen molar-refractivity contribution < 1.29 is 14.2 Å². The molecule has 20 heavy (non-hydrogen) atoms. The molecule has 0 heterocycles. The summed E-state index contributed by atoms with van der Waals surface area (Å²) in [5, 5.41) is 3.51. The van der Waals surface area contributed by atoms with E-state index >= 15 is 0 Å². The average molecular weight is 281 g/mol. The lowest BCUT2D eigenvalue weighted by Gasteiger charge is -2.24. The maximum absolute atomic E-state index is 5.78. The zero-order chi connectivity index (χ0) is 15.0. The predicted molar refractivity (Wildman–Crippen MR) is 81.7 cm³/mol. The highest BCUT2D eigenvalue weighted by Crippen LogP contribution is 2.34. The van der Waals surface area contributed by atoms with Gasteiger partial charge in [0.1, 0.15) is 11.5 Å². The quantitative estimate of drug-likeness (QED) is 0.754. The van der Waals surface area contributed by atoms with Crippen LogP contribution in [-0.2, 0) is 4.74 Å². The highest BCUT2D eigenvalue weighted by molar-refractivity contribution is 5.47. The minimum Gasteiger partial charge on any atom is -0.496 e. The van der Waals surface area contributed by atoms with Crippen molar-refractivity contribution in [2.45, 2.75) is 39.3 Å². The molecule has 1 N–H and O–H groups in total. The molecule has 0 amide bonds. The van der Waals surface area contributed by atoms with Crippen LogP contribution in [0.2, 0.25) is 0 Å². The molecule has 0 spiro atoms. The Morgan fingerprint density at radius 1 is 1.10 bits per heavy atom. The molecule has 0 bridgehead atoms. The summed E-state index contributed by atoms with van der Waals surface area (Å²) < 4.78 is 16.7. The lowest BCUT2D eigenvalue weighted by molar-refractivity contribution is 0.0601. The van der Waals surface area contributed by atoms with Gasteiger partial charge in [0.2, 0.25) is 0 Å². The molecule has 0 aliphatic carbocycles. The van der Waals surface area contributed by atoms with Gasteiger partial charge in [0.25, 0.3) is 0 Å². The average Bonchev–Trinajstić information content (AvgIpc) is 2.46. The minimum absolute atomic E-state index is 0.0587. The highest BCUT2D eigenvalue weighted by Gasteiger charge is 2.21. The molecule has 1 rings (SSSR count). The summed E-state index contributed by atoms with van der Waals surface area (Å²) in [6.45, 7) is 7.74. The summed E-state index contributed by atoms with van der Waals surface area (Å²) in [4.78, 5) is 0. The Balaban J connectivity index is 3.03. The van der Waals surface area contributed by atoms with Crippen molar-refractivity contribution in [3.8, 4) is 11.5 Å². The van der Waals surface area contributed by atoms with Crippen molar-refractivity contribution in [1.29, 1.82) is 0 Å². The van der Waals surface area contributed by atoms with E-state index in [1.54, 1.807) is 14.2 Å². The number of rotatable bonds is 9. The van der Waals surface area contributed by atoms with Crippen LogP contribution < -0.4 is 14.8 Å². The smallest absolute Gasteiger partial charge is 0.127 e. The Morgan fingerprint density at radius 3 is 2.15 bits per heavy atom. The summed E-state index contributed by atoms with van der Waals surface area (Å²) >= 11 is 0. The number of hydrogen-bond donors (Lipinski definition) is 1. The standard InChI is InChI=1S/C16H27NO3/c1-6-10-17-13(11-20-12(2)3)16-14(18-4)8-7-9-15(16)19-5/h7-9,12-13,17H,6,10-11H2,1-5H3. The van der Waals surface area contributed by atoms with Crippen molar-refractivity contribution in [3.05, 3.63) is 23.8 Å². The van der Waals surface area contributed by atoms with Crippen LogP contribution >= 0.6 is 0 Å². The largest absolute Gasteiger partial charge is 0.496 e. The van der Waals surface area contributed by atoms with Crippen molar-refractivity contribution >= 4 is 0 Å². The van der Waals surface area contributed by atoms with Gasteiger partial charge in [-0.25, -0.2) is 0 Å². The summed E-state index contributed by atoms with van der Waals surface area (Å²) in [6, 6.07) is 5.90. The van der Waals surface area contributed by atoms with Gasteiger partial charge in [-0.15, -0.1) is 0 Å². The zero-order valence-corrected chi connectivity index (χ0v) is 13.2. The lowest BCUT2D eigenvalue weighted by atomic mass is 10.0. The number of benzene rings is 1. The molecule has 1 aromatic rings. The van der Waals surface area contributed by atoms with E-state index in [1.165, 1.54) is 0 Å². The molecular weight excluding hydrogens is 254 g/mol. The summed E-state index contributed by atoms with van der Waals surface area (Å²) in [5.41, 5.74) is 1.02. The second kappa shape index (κ2) is 8.82. The number of nitrogens with one attached hydrogen (secondary N) is 1. The van der Waals surface area contributed by atoms with Crippen LogP contribution in [0.1, 0.15) is 38.8 Å².